The number of ether oxygens (including phenoxy) is 1. The van der Waals surface area contributed by atoms with Gasteiger partial charge in [0.25, 0.3) is 0 Å². The van der Waals surface area contributed by atoms with Crippen LogP contribution in [0.5, 0.6) is 5.75 Å². The third-order valence-corrected chi connectivity index (χ3v) is 6.38. The van der Waals surface area contributed by atoms with Crippen LogP contribution < -0.4 is 15.4 Å². The van der Waals surface area contributed by atoms with Gasteiger partial charge in [0, 0.05) is 23.7 Å². The molecule has 9 nitrogen and oxygen atoms in total. The van der Waals surface area contributed by atoms with Crippen LogP contribution in [0.1, 0.15) is 42.7 Å². The number of aliphatic hydroxyl groups is 2. The fraction of sp³-hybridized carbons (Fsp3) is 0.500. The van der Waals surface area contributed by atoms with Crippen molar-refractivity contribution >= 4 is 5.82 Å². The van der Waals surface area contributed by atoms with Gasteiger partial charge in [-0.25, -0.2) is 9.97 Å². The van der Waals surface area contributed by atoms with E-state index in [9.17, 15) is 10.2 Å². The lowest BCUT2D eigenvalue weighted by Crippen LogP contribution is -2.30. The summed E-state index contributed by atoms with van der Waals surface area (Å²) in [7, 11) is 1.79. The molecule has 0 saturated heterocycles. The van der Waals surface area contributed by atoms with Crippen LogP contribution in [0.3, 0.4) is 0 Å². The van der Waals surface area contributed by atoms with Crippen molar-refractivity contribution in [1.82, 2.24) is 20.4 Å². The Morgan fingerprint density at radius 2 is 2.03 bits per heavy atom. The average molecular weight is 482 g/mol. The van der Waals surface area contributed by atoms with E-state index in [4.69, 9.17) is 19.2 Å². The fourth-order valence-corrected chi connectivity index (χ4v) is 4.55. The Hall–Kier alpha value is -3.01. The van der Waals surface area contributed by atoms with Crippen molar-refractivity contribution in [3.05, 3.63) is 41.3 Å². The minimum atomic E-state index is -0.605. The van der Waals surface area contributed by atoms with Gasteiger partial charge in [-0.2, -0.15) is 0 Å². The quantitative estimate of drug-likeness (QED) is 0.364. The molecule has 9 heteroatoms. The molecule has 1 fully saturated rings. The third kappa shape index (κ3) is 5.98. The molecule has 0 bridgehead atoms. The number of benzene rings is 1. The average Bonchev–Trinajstić information content (AvgIpc) is 3.17. The minimum Gasteiger partial charge on any atom is -0.491 e. The summed E-state index contributed by atoms with van der Waals surface area (Å²) in [5, 5.41) is 30.8. The van der Waals surface area contributed by atoms with E-state index in [-0.39, 0.29) is 18.8 Å². The number of anilines is 1. The standard InChI is InChI=1S/C26H35N5O4/c1-15-24(23-16(2)31-35-17(23)3)29-26(30-25(15)28-19-8-6-9-20(32)12-19)18-7-5-10-22(11-18)34-14-21(33)13-27-4/h5,7,10-11,19-21,27,32-33H,6,8-9,12-14H2,1-4H3,(H,28,29,30). The van der Waals surface area contributed by atoms with E-state index >= 15 is 0 Å². The number of nitrogens with zero attached hydrogens (tertiary/aromatic N) is 3. The van der Waals surface area contributed by atoms with Gasteiger partial charge in [0.1, 0.15) is 30.0 Å². The van der Waals surface area contributed by atoms with Gasteiger partial charge in [-0.15, -0.1) is 0 Å². The molecule has 1 aliphatic carbocycles. The lowest BCUT2D eigenvalue weighted by atomic mass is 9.93. The molecule has 0 aliphatic heterocycles. The Kier molecular flexibility index (Phi) is 8.00. The highest BCUT2D eigenvalue weighted by molar-refractivity contribution is 5.74. The van der Waals surface area contributed by atoms with E-state index in [0.29, 0.717) is 30.3 Å². The Labute approximate surface area is 205 Å². The van der Waals surface area contributed by atoms with Crippen molar-refractivity contribution in [2.24, 2.45) is 0 Å². The lowest BCUT2D eigenvalue weighted by molar-refractivity contribution is 0.108. The first-order chi connectivity index (χ1) is 16.9. The number of rotatable bonds is 9. The highest BCUT2D eigenvalue weighted by atomic mass is 16.5. The molecular formula is C26H35N5O4. The maximum atomic E-state index is 10.2. The summed E-state index contributed by atoms with van der Waals surface area (Å²) in [5.74, 6) is 2.61. The zero-order chi connectivity index (χ0) is 24.9. The first-order valence-corrected chi connectivity index (χ1v) is 12.2. The van der Waals surface area contributed by atoms with Crippen LogP contribution >= 0.6 is 0 Å². The molecule has 3 unspecified atom stereocenters. The van der Waals surface area contributed by atoms with E-state index < -0.39 is 6.10 Å². The molecule has 2 aromatic heterocycles. The number of hydrogen-bond acceptors (Lipinski definition) is 9. The molecule has 1 saturated carbocycles. The van der Waals surface area contributed by atoms with Crippen molar-refractivity contribution in [2.45, 2.75) is 64.7 Å². The van der Waals surface area contributed by atoms with Gasteiger partial charge in [-0.3, -0.25) is 0 Å². The fourth-order valence-electron chi connectivity index (χ4n) is 4.55. The topological polar surface area (TPSA) is 126 Å². The van der Waals surface area contributed by atoms with Crippen molar-refractivity contribution in [1.29, 1.82) is 0 Å². The number of aryl methyl sites for hydroxylation is 2. The summed E-state index contributed by atoms with van der Waals surface area (Å²) in [4.78, 5) is 9.81. The van der Waals surface area contributed by atoms with Gasteiger partial charge in [0.2, 0.25) is 0 Å². The summed E-state index contributed by atoms with van der Waals surface area (Å²) in [6.45, 7) is 6.41. The van der Waals surface area contributed by atoms with Crippen LogP contribution in [0, 0.1) is 20.8 Å². The van der Waals surface area contributed by atoms with Gasteiger partial charge < -0.3 is 30.1 Å². The predicted molar refractivity (Wildman–Crippen MR) is 134 cm³/mol. The number of aromatic nitrogens is 3. The molecule has 188 valence electrons. The zero-order valence-electron chi connectivity index (χ0n) is 20.8. The smallest absolute Gasteiger partial charge is 0.162 e. The molecule has 35 heavy (non-hydrogen) atoms. The summed E-state index contributed by atoms with van der Waals surface area (Å²) >= 11 is 0. The van der Waals surface area contributed by atoms with E-state index in [1.54, 1.807) is 7.05 Å². The maximum absolute atomic E-state index is 10.2. The van der Waals surface area contributed by atoms with Crippen molar-refractivity contribution in [3.8, 4) is 28.4 Å². The first kappa shape index (κ1) is 25.1. The maximum Gasteiger partial charge on any atom is 0.162 e. The number of nitrogens with one attached hydrogen (secondary N) is 2. The van der Waals surface area contributed by atoms with Gasteiger partial charge >= 0.3 is 0 Å². The monoisotopic (exact) mass is 481 g/mol. The second kappa shape index (κ2) is 11.2. The van der Waals surface area contributed by atoms with Gasteiger partial charge in [0.05, 0.1) is 23.1 Å². The Morgan fingerprint density at radius 3 is 2.74 bits per heavy atom. The van der Waals surface area contributed by atoms with Crippen LogP contribution in [-0.4, -0.2) is 63.8 Å². The molecule has 2 heterocycles. The Bertz CT molecular complexity index is 1130. The molecule has 4 N–H and O–H groups in total. The van der Waals surface area contributed by atoms with Gasteiger partial charge in [-0.05, 0) is 65.6 Å². The SMILES string of the molecule is CNCC(O)COc1cccc(-c2nc(NC3CCCC(O)C3)c(C)c(-c3c(C)noc3C)n2)c1. The molecule has 0 amide bonds. The predicted octanol–water partition coefficient (Wildman–Crippen LogP) is 3.40. The molecule has 3 atom stereocenters. The first-order valence-electron chi connectivity index (χ1n) is 12.2. The van der Waals surface area contributed by atoms with Crippen LogP contribution in [0.4, 0.5) is 5.82 Å². The largest absolute Gasteiger partial charge is 0.491 e. The number of likely N-dealkylation sites (N-methyl/N-ethyl adjacent to an activating group) is 1. The number of hydrogen-bond donors (Lipinski definition) is 4. The zero-order valence-corrected chi connectivity index (χ0v) is 20.8. The summed E-state index contributed by atoms with van der Waals surface area (Å²) < 4.78 is 11.2. The normalized spacial score (nSPS) is 18.9. The second-order valence-corrected chi connectivity index (χ2v) is 9.28. The minimum absolute atomic E-state index is 0.140. The highest BCUT2D eigenvalue weighted by Crippen LogP contribution is 2.34. The summed E-state index contributed by atoms with van der Waals surface area (Å²) in [6, 6.07) is 7.69. The summed E-state index contributed by atoms with van der Waals surface area (Å²) in [6.07, 6.45) is 2.59. The van der Waals surface area contributed by atoms with Crippen molar-refractivity contribution in [2.75, 3.05) is 25.5 Å². The van der Waals surface area contributed by atoms with Crippen LogP contribution in [0.2, 0.25) is 0 Å². The lowest BCUT2D eigenvalue weighted by Gasteiger charge is -2.28. The molecule has 3 aromatic rings. The third-order valence-electron chi connectivity index (χ3n) is 6.38. The van der Waals surface area contributed by atoms with Gasteiger partial charge in [-0.1, -0.05) is 17.3 Å². The number of aliphatic hydroxyl groups excluding tert-OH is 2. The molecule has 4 rings (SSSR count). The van der Waals surface area contributed by atoms with Crippen LogP contribution in [0.25, 0.3) is 22.6 Å². The summed E-state index contributed by atoms with van der Waals surface area (Å²) in [5.41, 5.74) is 4.10. The highest BCUT2D eigenvalue weighted by Gasteiger charge is 2.24. The molecule has 1 aromatic carbocycles. The van der Waals surface area contributed by atoms with Crippen LogP contribution in [-0.2, 0) is 0 Å². The van der Waals surface area contributed by atoms with E-state index in [1.807, 2.05) is 45.0 Å². The second-order valence-electron chi connectivity index (χ2n) is 9.28. The Morgan fingerprint density at radius 1 is 1.20 bits per heavy atom. The molecule has 0 radical (unpaired) electrons. The van der Waals surface area contributed by atoms with E-state index in [2.05, 4.69) is 15.8 Å². The van der Waals surface area contributed by atoms with Gasteiger partial charge in [0.15, 0.2) is 5.82 Å². The van der Waals surface area contributed by atoms with Crippen LogP contribution in [0.15, 0.2) is 28.8 Å². The molecular weight excluding hydrogens is 446 g/mol. The van der Waals surface area contributed by atoms with E-state index in [0.717, 1.165) is 53.2 Å². The molecule has 0 spiro atoms. The molecule has 1 aliphatic rings. The van der Waals surface area contributed by atoms with E-state index in [1.165, 1.54) is 0 Å². The van der Waals surface area contributed by atoms with Crippen molar-refractivity contribution in [3.63, 3.8) is 0 Å². The van der Waals surface area contributed by atoms with Crippen molar-refractivity contribution < 1.29 is 19.5 Å². The Balaban J connectivity index is 1.71.